The fourth-order valence-corrected chi connectivity index (χ4v) is 1.74. The Balaban J connectivity index is 2.92. The van der Waals surface area contributed by atoms with Gasteiger partial charge in [-0.15, -0.1) is 0 Å². The molecule has 0 amide bonds. The van der Waals surface area contributed by atoms with Gasteiger partial charge in [-0.05, 0) is 31.0 Å². The lowest BCUT2D eigenvalue weighted by Crippen LogP contribution is -2.04. The van der Waals surface area contributed by atoms with Gasteiger partial charge < -0.3 is 9.47 Å². The number of carbonyl (C=O) groups excluding carboxylic acids is 1. The summed E-state index contributed by atoms with van der Waals surface area (Å²) in [5.41, 5.74) is 0.641. The van der Waals surface area contributed by atoms with E-state index in [1.807, 2.05) is 6.92 Å². The van der Waals surface area contributed by atoms with Crippen LogP contribution in [-0.4, -0.2) is 24.3 Å². The monoisotopic (exact) mass is 314 g/mol. The Morgan fingerprint density at radius 2 is 1.72 bits per heavy atom. The van der Waals surface area contributed by atoms with Gasteiger partial charge in [-0.3, -0.25) is 4.79 Å². The summed E-state index contributed by atoms with van der Waals surface area (Å²) in [7, 11) is 0. The van der Waals surface area contributed by atoms with Crippen molar-refractivity contribution in [3.63, 3.8) is 0 Å². The zero-order valence-electron chi connectivity index (χ0n) is 10.9. The van der Waals surface area contributed by atoms with Crippen LogP contribution in [0.25, 0.3) is 0 Å². The Bertz CT molecular complexity index is 391. The second-order valence-electron chi connectivity index (χ2n) is 3.92. The first-order chi connectivity index (χ1) is 8.72. The van der Waals surface area contributed by atoms with Gasteiger partial charge in [0, 0.05) is 5.56 Å². The summed E-state index contributed by atoms with van der Waals surface area (Å²) in [5.74, 6) is 1.40. The number of hydrogen-bond donors (Lipinski definition) is 0. The molecule has 0 aliphatic heterocycles. The number of ether oxygens (including phenoxy) is 2. The predicted octanol–water partition coefficient (Wildman–Crippen LogP) is 3.84. The van der Waals surface area contributed by atoms with Crippen LogP contribution in [0.1, 0.15) is 37.0 Å². The van der Waals surface area contributed by atoms with E-state index in [1.54, 1.807) is 18.2 Å². The van der Waals surface area contributed by atoms with Crippen molar-refractivity contribution in [2.45, 2.75) is 26.7 Å². The average Bonchev–Trinajstić information content (AvgIpc) is 2.42. The number of benzene rings is 1. The number of rotatable bonds is 8. The molecule has 0 aromatic heterocycles. The maximum atomic E-state index is 11.6. The Hall–Kier alpha value is -1.03. The van der Waals surface area contributed by atoms with E-state index in [1.165, 1.54) is 0 Å². The minimum Gasteiger partial charge on any atom is -0.490 e. The summed E-state index contributed by atoms with van der Waals surface area (Å²) >= 11 is 3.17. The standard InChI is InChI=1S/C14H19BrO3/c1-3-7-17-13-6-5-11(12(16)10-15)9-14(13)18-8-4-2/h5-6,9H,3-4,7-8,10H2,1-2H3. The van der Waals surface area contributed by atoms with Crippen LogP contribution in [0.15, 0.2) is 18.2 Å². The fraction of sp³-hybridized carbons (Fsp3) is 0.500. The van der Waals surface area contributed by atoms with Crippen LogP contribution < -0.4 is 9.47 Å². The van der Waals surface area contributed by atoms with E-state index in [0.717, 1.165) is 12.8 Å². The van der Waals surface area contributed by atoms with Gasteiger partial charge in [-0.25, -0.2) is 0 Å². The quantitative estimate of drug-likeness (QED) is 0.540. The zero-order chi connectivity index (χ0) is 13.4. The van der Waals surface area contributed by atoms with Gasteiger partial charge in [0.2, 0.25) is 0 Å². The van der Waals surface area contributed by atoms with E-state index in [4.69, 9.17) is 9.47 Å². The third kappa shape index (κ3) is 4.33. The molecule has 0 N–H and O–H groups in total. The minimum atomic E-state index is 0.0402. The second kappa shape index (κ2) is 8.14. The van der Waals surface area contributed by atoms with E-state index >= 15 is 0 Å². The van der Waals surface area contributed by atoms with Gasteiger partial charge in [0.1, 0.15) is 0 Å². The molecule has 0 saturated carbocycles. The number of Topliss-reactive ketones (excluding diaryl/α,β-unsaturated/α-hetero) is 1. The number of carbonyl (C=O) groups is 1. The highest BCUT2D eigenvalue weighted by atomic mass is 79.9. The number of hydrogen-bond acceptors (Lipinski definition) is 3. The van der Waals surface area contributed by atoms with Crippen molar-refractivity contribution in [1.82, 2.24) is 0 Å². The summed E-state index contributed by atoms with van der Waals surface area (Å²) in [6.07, 6.45) is 1.86. The molecule has 1 aromatic carbocycles. The Morgan fingerprint density at radius 3 is 2.28 bits per heavy atom. The molecule has 0 saturated heterocycles. The smallest absolute Gasteiger partial charge is 0.173 e. The van der Waals surface area contributed by atoms with Gasteiger partial charge in [-0.2, -0.15) is 0 Å². The lowest BCUT2D eigenvalue weighted by atomic mass is 10.1. The number of alkyl halides is 1. The van der Waals surface area contributed by atoms with Gasteiger partial charge in [0.05, 0.1) is 18.5 Å². The van der Waals surface area contributed by atoms with Crippen molar-refractivity contribution in [2.75, 3.05) is 18.5 Å². The Labute approximate surface area is 117 Å². The summed E-state index contributed by atoms with van der Waals surface area (Å²) in [6.45, 7) is 5.36. The fourth-order valence-electron chi connectivity index (χ4n) is 1.41. The van der Waals surface area contributed by atoms with Crippen molar-refractivity contribution in [3.8, 4) is 11.5 Å². The van der Waals surface area contributed by atoms with E-state index in [9.17, 15) is 4.79 Å². The molecule has 0 fully saturated rings. The van der Waals surface area contributed by atoms with Gasteiger partial charge in [-0.1, -0.05) is 29.8 Å². The maximum Gasteiger partial charge on any atom is 0.173 e. The molecule has 0 aliphatic carbocycles. The van der Waals surface area contributed by atoms with Crippen molar-refractivity contribution in [3.05, 3.63) is 23.8 Å². The maximum absolute atomic E-state index is 11.6. The van der Waals surface area contributed by atoms with Gasteiger partial charge in [0.25, 0.3) is 0 Å². The third-order valence-electron chi connectivity index (χ3n) is 2.31. The Kier molecular flexibility index (Phi) is 6.80. The van der Waals surface area contributed by atoms with Gasteiger partial charge in [0.15, 0.2) is 17.3 Å². The van der Waals surface area contributed by atoms with Crippen LogP contribution in [0.5, 0.6) is 11.5 Å². The molecule has 0 atom stereocenters. The first-order valence-electron chi connectivity index (χ1n) is 6.21. The molecule has 1 rings (SSSR count). The normalized spacial score (nSPS) is 10.2. The highest BCUT2D eigenvalue weighted by Gasteiger charge is 2.10. The van der Waals surface area contributed by atoms with Crippen LogP contribution >= 0.6 is 15.9 Å². The summed E-state index contributed by atoms with van der Waals surface area (Å²) in [6, 6.07) is 5.33. The molecule has 1 aromatic rings. The highest BCUT2D eigenvalue weighted by molar-refractivity contribution is 9.09. The molecule has 0 radical (unpaired) electrons. The largest absolute Gasteiger partial charge is 0.490 e. The minimum absolute atomic E-state index is 0.0402. The molecule has 0 unspecified atom stereocenters. The third-order valence-corrected chi connectivity index (χ3v) is 2.82. The first-order valence-corrected chi connectivity index (χ1v) is 7.33. The van der Waals surface area contributed by atoms with E-state index in [2.05, 4.69) is 22.9 Å². The van der Waals surface area contributed by atoms with E-state index in [0.29, 0.717) is 35.6 Å². The van der Waals surface area contributed by atoms with Crippen molar-refractivity contribution in [2.24, 2.45) is 0 Å². The molecular weight excluding hydrogens is 296 g/mol. The van der Waals surface area contributed by atoms with Crippen LogP contribution in [0.4, 0.5) is 0 Å². The summed E-state index contributed by atoms with van der Waals surface area (Å²) in [4.78, 5) is 11.6. The van der Waals surface area contributed by atoms with Crippen molar-refractivity contribution in [1.29, 1.82) is 0 Å². The lowest BCUT2D eigenvalue weighted by molar-refractivity contribution is 0.102. The van der Waals surface area contributed by atoms with Crippen molar-refractivity contribution >= 4 is 21.7 Å². The lowest BCUT2D eigenvalue weighted by Gasteiger charge is -2.13. The second-order valence-corrected chi connectivity index (χ2v) is 4.48. The molecule has 0 spiro atoms. The predicted molar refractivity (Wildman–Crippen MR) is 76.1 cm³/mol. The molecule has 4 heteroatoms. The molecule has 0 aliphatic rings. The highest BCUT2D eigenvalue weighted by Crippen LogP contribution is 2.29. The molecular formula is C14H19BrO3. The van der Waals surface area contributed by atoms with Gasteiger partial charge >= 0.3 is 0 Å². The molecule has 0 bridgehead atoms. The average molecular weight is 315 g/mol. The molecule has 3 nitrogen and oxygen atoms in total. The van der Waals surface area contributed by atoms with Crippen LogP contribution in [0.3, 0.4) is 0 Å². The first kappa shape index (κ1) is 15.0. The summed E-state index contributed by atoms with van der Waals surface area (Å²) in [5, 5.41) is 0.315. The SMILES string of the molecule is CCCOc1ccc(C(=O)CBr)cc1OCCC. The number of ketones is 1. The van der Waals surface area contributed by atoms with Crippen molar-refractivity contribution < 1.29 is 14.3 Å². The molecule has 18 heavy (non-hydrogen) atoms. The van der Waals surface area contributed by atoms with Crippen LogP contribution in [0.2, 0.25) is 0 Å². The Morgan fingerprint density at radius 1 is 1.11 bits per heavy atom. The van der Waals surface area contributed by atoms with Crippen LogP contribution in [-0.2, 0) is 0 Å². The topological polar surface area (TPSA) is 35.5 Å². The summed E-state index contributed by atoms with van der Waals surface area (Å²) < 4.78 is 11.2. The molecule has 0 heterocycles. The van der Waals surface area contributed by atoms with Crippen LogP contribution in [0, 0.1) is 0 Å². The van der Waals surface area contributed by atoms with E-state index < -0.39 is 0 Å². The molecule has 100 valence electrons. The zero-order valence-corrected chi connectivity index (χ0v) is 12.5. The number of halogens is 1. The van der Waals surface area contributed by atoms with E-state index in [-0.39, 0.29) is 5.78 Å².